The highest BCUT2D eigenvalue weighted by molar-refractivity contribution is 5.74. The summed E-state index contributed by atoms with van der Waals surface area (Å²) in [6, 6.07) is -0.526. The molecule has 1 aliphatic heterocycles. The van der Waals surface area contributed by atoms with Gasteiger partial charge in [0, 0.05) is 6.61 Å². The van der Waals surface area contributed by atoms with Crippen LogP contribution in [0.4, 0.5) is 0 Å². The van der Waals surface area contributed by atoms with Gasteiger partial charge in [-0.05, 0) is 13.3 Å². The maximum absolute atomic E-state index is 11.8. The van der Waals surface area contributed by atoms with Crippen molar-refractivity contribution in [2.24, 2.45) is 0 Å². The van der Waals surface area contributed by atoms with Crippen molar-refractivity contribution in [2.75, 3.05) is 26.4 Å². The fourth-order valence-corrected chi connectivity index (χ4v) is 2.08. The Labute approximate surface area is 126 Å². The first-order valence-corrected chi connectivity index (χ1v) is 7.55. The van der Waals surface area contributed by atoms with Crippen LogP contribution in [-0.4, -0.2) is 56.8 Å². The quantitative estimate of drug-likeness (QED) is 0.416. The molecule has 0 aromatic carbocycles. The maximum atomic E-state index is 11.8. The van der Waals surface area contributed by atoms with E-state index in [9.17, 15) is 4.79 Å². The molecule has 1 rings (SSSR count). The van der Waals surface area contributed by atoms with Gasteiger partial charge in [0.2, 0.25) is 6.04 Å². The normalized spacial score (nSPS) is 30.9. The van der Waals surface area contributed by atoms with E-state index in [1.807, 2.05) is 0 Å². The van der Waals surface area contributed by atoms with E-state index < -0.39 is 12.1 Å². The zero-order valence-corrected chi connectivity index (χ0v) is 13.1. The van der Waals surface area contributed by atoms with Gasteiger partial charge >= 0.3 is 5.97 Å². The molecule has 6 nitrogen and oxygen atoms in total. The van der Waals surface area contributed by atoms with E-state index in [-0.39, 0.29) is 24.8 Å². The fourth-order valence-electron chi connectivity index (χ4n) is 2.08. The van der Waals surface area contributed by atoms with Crippen molar-refractivity contribution in [3.63, 3.8) is 0 Å². The average molecular weight is 302 g/mol. The van der Waals surface area contributed by atoms with Crippen LogP contribution in [0.3, 0.4) is 0 Å². The molecule has 1 fully saturated rings. The molecule has 0 radical (unpaired) electrons. The van der Waals surface area contributed by atoms with Crippen LogP contribution in [0.1, 0.15) is 26.7 Å². The molecule has 0 aromatic rings. The molecule has 1 heterocycles. The molecular weight excluding hydrogens is 274 g/mol. The van der Waals surface area contributed by atoms with Gasteiger partial charge in [-0.25, -0.2) is 4.79 Å². The number of hydrogen-bond acceptors (Lipinski definition) is 5. The molecular formula is C15H28NO5+. The third-order valence-electron chi connectivity index (χ3n) is 3.30. The van der Waals surface area contributed by atoms with Crippen molar-refractivity contribution in [1.29, 1.82) is 0 Å². The van der Waals surface area contributed by atoms with Gasteiger partial charge in [0.25, 0.3) is 0 Å². The van der Waals surface area contributed by atoms with Crippen LogP contribution >= 0.6 is 0 Å². The number of rotatable bonds is 7. The Morgan fingerprint density at radius 2 is 2.19 bits per heavy atom. The minimum absolute atomic E-state index is 0.230. The van der Waals surface area contributed by atoms with Crippen molar-refractivity contribution in [2.45, 2.75) is 51.0 Å². The van der Waals surface area contributed by atoms with Crippen molar-refractivity contribution in [3.05, 3.63) is 12.7 Å². The largest absolute Gasteiger partial charge is 0.455 e. The lowest BCUT2D eigenvalue weighted by Gasteiger charge is -2.30. The van der Waals surface area contributed by atoms with Crippen LogP contribution < -0.4 is 5.73 Å². The number of ether oxygens (including phenoxy) is 4. The van der Waals surface area contributed by atoms with Gasteiger partial charge < -0.3 is 24.7 Å². The van der Waals surface area contributed by atoms with E-state index in [1.54, 1.807) is 13.0 Å². The first-order chi connectivity index (χ1) is 10.1. The van der Waals surface area contributed by atoms with Crippen molar-refractivity contribution >= 4 is 5.97 Å². The summed E-state index contributed by atoms with van der Waals surface area (Å²) < 4.78 is 22.6. The number of carbonyl (C=O) groups excluding carboxylic acids is 1. The van der Waals surface area contributed by atoms with E-state index >= 15 is 0 Å². The van der Waals surface area contributed by atoms with Gasteiger partial charge in [0.05, 0.1) is 13.2 Å². The minimum Gasteiger partial charge on any atom is -0.455 e. The number of unbranched alkanes of at least 4 members (excludes halogenated alkanes) is 1. The molecule has 0 aromatic heterocycles. The van der Waals surface area contributed by atoms with Crippen LogP contribution in [-0.2, 0) is 23.7 Å². The Bertz CT molecular complexity index is 323. The van der Waals surface area contributed by atoms with Crippen LogP contribution in [0.15, 0.2) is 12.7 Å². The molecule has 0 spiro atoms. The molecule has 1 saturated heterocycles. The molecule has 0 bridgehead atoms. The minimum atomic E-state index is -0.526. The summed E-state index contributed by atoms with van der Waals surface area (Å²) in [7, 11) is 0. The second kappa shape index (κ2) is 9.89. The number of hydrogen-bond donors (Lipinski definition) is 1. The predicted octanol–water partition coefficient (Wildman–Crippen LogP) is 0.315. The summed E-state index contributed by atoms with van der Waals surface area (Å²) >= 11 is 0. The SMILES string of the molecule is C=CCO[C@H]1[C@H](C)OC(=O)[C@@H]([NH3+])COC[C@@H]1OCCCC. The first-order valence-electron chi connectivity index (χ1n) is 7.55. The summed E-state index contributed by atoms with van der Waals surface area (Å²) in [6.07, 6.45) is 2.61. The van der Waals surface area contributed by atoms with Gasteiger partial charge in [-0.2, -0.15) is 0 Å². The summed E-state index contributed by atoms with van der Waals surface area (Å²) in [5.41, 5.74) is 3.75. The zero-order chi connectivity index (χ0) is 15.7. The first kappa shape index (κ1) is 18.1. The molecule has 0 aliphatic carbocycles. The molecule has 0 unspecified atom stereocenters. The van der Waals surface area contributed by atoms with E-state index in [1.165, 1.54) is 0 Å². The van der Waals surface area contributed by atoms with Crippen LogP contribution in [0.25, 0.3) is 0 Å². The molecule has 4 atom stereocenters. The van der Waals surface area contributed by atoms with Crippen LogP contribution in [0.2, 0.25) is 0 Å². The van der Waals surface area contributed by atoms with Gasteiger partial charge in [0.15, 0.2) is 0 Å². The molecule has 1 aliphatic rings. The summed E-state index contributed by atoms with van der Waals surface area (Å²) in [4.78, 5) is 11.8. The maximum Gasteiger partial charge on any atom is 0.367 e. The summed E-state index contributed by atoms with van der Waals surface area (Å²) in [5.74, 6) is -0.371. The highest BCUT2D eigenvalue weighted by Gasteiger charge is 2.35. The third kappa shape index (κ3) is 6.13. The highest BCUT2D eigenvalue weighted by atomic mass is 16.6. The van der Waals surface area contributed by atoms with Gasteiger partial charge in [-0.3, -0.25) is 0 Å². The standard InChI is InChI=1S/C15H27NO5/c1-4-6-8-19-13-10-18-9-12(16)15(17)21-11(3)14(13)20-7-5-2/h5,11-14H,2,4,6-10,16H2,1,3H3/p+1/t11-,12-,13-,14-/m0/s1. The Morgan fingerprint density at radius 3 is 2.86 bits per heavy atom. The van der Waals surface area contributed by atoms with Gasteiger partial charge in [0.1, 0.15) is 24.9 Å². The summed E-state index contributed by atoms with van der Waals surface area (Å²) in [6.45, 7) is 9.14. The monoisotopic (exact) mass is 302 g/mol. The molecule has 3 N–H and O–H groups in total. The lowest BCUT2D eigenvalue weighted by Crippen LogP contribution is -2.67. The molecule has 6 heteroatoms. The van der Waals surface area contributed by atoms with E-state index in [4.69, 9.17) is 18.9 Å². The second-order valence-electron chi connectivity index (χ2n) is 5.23. The summed E-state index contributed by atoms with van der Waals surface area (Å²) in [5, 5.41) is 0. The Balaban J connectivity index is 2.76. The van der Waals surface area contributed by atoms with E-state index in [0.717, 1.165) is 12.8 Å². The average Bonchev–Trinajstić information content (AvgIpc) is 2.50. The van der Waals surface area contributed by atoms with Crippen molar-refractivity contribution < 1.29 is 29.5 Å². The van der Waals surface area contributed by atoms with Gasteiger partial charge in [-0.15, -0.1) is 6.58 Å². The molecule has 21 heavy (non-hydrogen) atoms. The fraction of sp³-hybridized carbons (Fsp3) is 0.800. The zero-order valence-electron chi connectivity index (χ0n) is 13.1. The Morgan fingerprint density at radius 1 is 1.43 bits per heavy atom. The predicted molar refractivity (Wildman–Crippen MR) is 77.6 cm³/mol. The highest BCUT2D eigenvalue weighted by Crippen LogP contribution is 2.16. The number of esters is 1. The van der Waals surface area contributed by atoms with E-state index in [0.29, 0.717) is 19.8 Å². The number of carbonyl (C=O) groups is 1. The number of quaternary nitrogens is 1. The van der Waals surface area contributed by atoms with Crippen LogP contribution in [0, 0.1) is 0 Å². The smallest absolute Gasteiger partial charge is 0.367 e. The lowest BCUT2D eigenvalue weighted by atomic mass is 10.1. The van der Waals surface area contributed by atoms with Crippen LogP contribution in [0.5, 0.6) is 0 Å². The van der Waals surface area contributed by atoms with Crippen molar-refractivity contribution in [3.8, 4) is 0 Å². The lowest BCUT2D eigenvalue weighted by molar-refractivity contribution is -0.415. The molecule has 122 valence electrons. The second-order valence-corrected chi connectivity index (χ2v) is 5.23. The Kier molecular flexibility index (Phi) is 8.52. The topological polar surface area (TPSA) is 81.6 Å². The molecule has 0 saturated carbocycles. The van der Waals surface area contributed by atoms with E-state index in [2.05, 4.69) is 19.2 Å². The molecule has 0 amide bonds. The third-order valence-corrected chi connectivity index (χ3v) is 3.30. The Hall–Kier alpha value is -0.950. The van der Waals surface area contributed by atoms with Crippen molar-refractivity contribution in [1.82, 2.24) is 0 Å². The van der Waals surface area contributed by atoms with Gasteiger partial charge in [-0.1, -0.05) is 19.4 Å². The number of cyclic esters (lactones) is 1.